The summed E-state index contributed by atoms with van der Waals surface area (Å²) in [6.07, 6.45) is 3.14. The van der Waals surface area contributed by atoms with Crippen LogP contribution in [0.2, 0.25) is 0 Å². The Balaban J connectivity index is 2.02. The van der Waals surface area contributed by atoms with Gasteiger partial charge in [-0.15, -0.1) is 11.6 Å². The van der Waals surface area contributed by atoms with Crippen molar-refractivity contribution in [3.63, 3.8) is 0 Å². The van der Waals surface area contributed by atoms with Crippen LogP contribution in [0.25, 0.3) is 0 Å². The van der Waals surface area contributed by atoms with E-state index in [4.69, 9.17) is 11.6 Å². The average Bonchev–Trinajstić information content (AvgIpc) is 2.91. The number of carbonyl (C=O) groups is 1. The molecule has 0 spiro atoms. The van der Waals surface area contributed by atoms with Gasteiger partial charge in [0.05, 0.1) is 11.0 Å². The zero-order valence-corrected chi connectivity index (χ0v) is 12.1. The van der Waals surface area contributed by atoms with Gasteiger partial charge in [-0.1, -0.05) is 6.42 Å². The van der Waals surface area contributed by atoms with Crippen LogP contribution in [0.15, 0.2) is 18.2 Å². The van der Waals surface area contributed by atoms with Crippen LogP contribution in [-0.2, 0) is 0 Å². The van der Waals surface area contributed by atoms with Crippen LogP contribution in [0.4, 0.5) is 10.1 Å². The number of nitrogens with one attached hydrogen (secondary N) is 1. The molecule has 0 bridgehead atoms. The molecule has 1 fully saturated rings. The topological polar surface area (TPSA) is 72.2 Å². The summed E-state index contributed by atoms with van der Waals surface area (Å²) in [4.78, 5) is 21.9. The summed E-state index contributed by atoms with van der Waals surface area (Å²) >= 11 is 5.87. The highest BCUT2D eigenvalue weighted by Gasteiger charge is 2.27. The Kier molecular flexibility index (Phi) is 5.12. The number of benzene rings is 1. The fourth-order valence-corrected chi connectivity index (χ4v) is 3.13. The lowest BCUT2D eigenvalue weighted by Crippen LogP contribution is -2.31. The summed E-state index contributed by atoms with van der Waals surface area (Å²) in [7, 11) is 0. The van der Waals surface area contributed by atoms with Crippen molar-refractivity contribution in [1.29, 1.82) is 0 Å². The molecule has 1 amide bonds. The highest BCUT2D eigenvalue weighted by molar-refractivity contribution is 6.18. The molecule has 114 valence electrons. The average molecular weight is 315 g/mol. The molecule has 0 heterocycles. The second kappa shape index (κ2) is 6.85. The predicted octanol–water partition coefficient (Wildman–Crippen LogP) is 3.12. The maximum absolute atomic E-state index is 13.3. The molecule has 1 aliphatic rings. The fourth-order valence-electron chi connectivity index (χ4n) is 2.72. The van der Waals surface area contributed by atoms with Gasteiger partial charge in [-0.05, 0) is 30.7 Å². The van der Waals surface area contributed by atoms with Crippen LogP contribution in [0.5, 0.6) is 0 Å². The quantitative estimate of drug-likeness (QED) is 0.515. The highest BCUT2D eigenvalue weighted by Crippen LogP contribution is 2.32. The molecule has 21 heavy (non-hydrogen) atoms. The normalized spacial score (nSPS) is 21.2. The van der Waals surface area contributed by atoms with Crippen molar-refractivity contribution in [1.82, 2.24) is 5.32 Å². The van der Waals surface area contributed by atoms with Crippen LogP contribution in [-0.4, -0.2) is 23.3 Å². The largest absolute Gasteiger partial charge is 0.352 e. The molecule has 7 heteroatoms. The molecule has 2 rings (SSSR count). The van der Waals surface area contributed by atoms with E-state index >= 15 is 0 Å². The summed E-state index contributed by atoms with van der Waals surface area (Å²) in [5.41, 5.74) is -0.471. The van der Waals surface area contributed by atoms with Crippen molar-refractivity contribution in [3.8, 4) is 0 Å². The fraction of sp³-hybridized carbons (Fsp3) is 0.500. The summed E-state index contributed by atoms with van der Waals surface area (Å²) < 4.78 is 13.3. The first kappa shape index (κ1) is 15.7. The van der Waals surface area contributed by atoms with Crippen LogP contribution in [0, 0.1) is 27.8 Å². The minimum absolute atomic E-state index is 0.0397. The third kappa shape index (κ3) is 3.91. The van der Waals surface area contributed by atoms with Gasteiger partial charge in [0.1, 0.15) is 5.82 Å². The SMILES string of the molecule is O=C(NCC1CCCC1CCl)c1cc(F)cc([N+](=O)[O-])c1. The lowest BCUT2D eigenvalue weighted by atomic mass is 9.98. The third-order valence-electron chi connectivity index (χ3n) is 3.90. The van der Waals surface area contributed by atoms with E-state index in [9.17, 15) is 19.3 Å². The van der Waals surface area contributed by atoms with Crippen LogP contribution >= 0.6 is 11.6 Å². The zero-order valence-electron chi connectivity index (χ0n) is 11.4. The Morgan fingerprint density at radius 1 is 1.38 bits per heavy atom. The van der Waals surface area contributed by atoms with Crippen molar-refractivity contribution >= 4 is 23.2 Å². The second-order valence-corrected chi connectivity index (χ2v) is 5.58. The molecule has 2 atom stereocenters. The highest BCUT2D eigenvalue weighted by atomic mass is 35.5. The lowest BCUT2D eigenvalue weighted by Gasteiger charge is -2.17. The summed E-state index contributed by atoms with van der Waals surface area (Å²) in [5, 5.41) is 13.4. The number of amides is 1. The number of hydrogen-bond donors (Lipinski definition) is 1. The molecule has 1 saturated carbocycles. The Morgan fingerprint density at radius 2 is 2.10 bits per heavy atom. The molecule has 0 saturated heterocycles. The zero-order chi connectivity index (χ0) is 15.4. The minimum atomic E-state index is -0.797. The maximum Gasteiger partial charge on any atom is 0.273 e. The summed E-state index contributed by atoms with van der Waals surface area (Å²) in [6.45, 7) is 0.459. The van der Waals surface area contributed by atoms with E-state index in [0.29, 0.717) is 24.3 Å². The molecule has 0 radical (unpaired) electrons. The van der Waals surface area contributed by atoms with Crippen LogP contribution in [0.3, 0.4) is 0 Å². The third-order valence-corrected chi connectivity index (χ3v) is 4.29. The second-order valence-electron chi connectivity index (χ2n) is 5.27. The van der Waals surface area contributed by atoms with Crippen molar-refractivity contribution in [2.75, 3.05) is 12.4 Å². The molecular weight excluding hydrogens is 299 g/mol. The van der Waals surface area contributed by atoms with Gasteiger partial charge in [-0.2, -0.15) is 0 Å². The molecule has 1 N–H and O–H groups in total. The van der Waals surface area contributed by atoms with Crippen LogP contribution < -0.4 is 5.32 Å². The molecular formula is C14H16ClFN2O3. The van der Waals surface area contributed by atoms with E-state index in [1.165, 1.54) is 0 Å². The van der Waals surface area contributed by atoms with E-state index < -0.39 is 22.3 Å². The first-order chi connectivity index (χ1) is 10.0. The van der Waals surface area contributed by atoms with Gasteiger partial charge in [0, 0.05) is 24.1 Å². The summed E-state index contributed by atoms with van der Waals surface area (Å²) in [6, 6.07) is 2.86. The number of halogens is 2. The minimum Gasteiger partial charge on any atom is -0.352 e. The number of carbonyl (C=O) groups excluding carboxylic acids is 1. The molecule has 5 nitrogen and oxygen atoms in total. The van der Waals surface area contributed by atoms with E-state index in [2.05, 4.69) is 5.32 Å². The van der Waals surface area contributed by atoms with E-state index in [1.807, 2.05) is 0 Å². The van der Waals surface area contributed by atoms with E-state index in [1.54, 1.807) is 0 Å². The van der Waals surface area contributed by atoms with Crippen LogP contribution in [0.1, 0.15) is 29.6 Å². The van der Waals surface area contributed by atoms with Gasteiger partial charge in [0.15, 0.2) is 0 Å². The molecule has 0 aliphatic heterocycles. The maximum atomic E-state index is 13.3. The van der Waals surface area contributed by atoms with Gasteiger partial charge >= 0.3 is 0 Å². The molecule has 1 aliphatic carbocycles. The van der Waals surface area contributed by atoms with Crippen molar-refractivity contribution < 1.29 is 14.1 Å². The summed E-state index contributed by atoms with van der Waals surface area (Å²) in [5.74, 6) is -0.0399. The van der Waals surface area contributed by atoms with E-state index in [0.717, 1.165) is 37.5 Å². The number of alkyl halides is 1. The van der Waals surface area contributed by atoms with Crippen molar-refractivity contribution in [3.05, 3.63) is 39.7 Å². The molecule has 1 aromatic carbocycles. The van der Waals surface area contributed by atoms with Gasteiger partial charge in [0.2, 0.25) is 0 Å². The number of nitrogens with zero attached hydrogens (tertiary/aromatic N) is 1. The number of rotatable bonds is 5. The Labute approximate surface area is 126 Å². The number of hydrogen-bond acceptors (Lipinski definition) is 3. The van der Waals surface area contributed by atoms with Gasteiger partial charge in [-0.3, -0.25) is 14.9 Å². The van der Waals surface area contributed by atoms with Gasteiger partial charge < -0.3 is 5.32 Å². The molecule has 2 unspecified atom stereocenters. The monoisotopic (exact) mass is 314 g/mol. The number of nitro groups is 1. The van der Waals surface area contributed by atoms with Gasteiger partial charge in [-0.25, -0.2) is 4.39 Å². The Hall–Kier alpha value is -1.69. The van der Waals surface area contributed by atoms with Gasteiger partial charge in [0.25, 0.3) is 11.6 Å². The van der Waals surface area contributed by atoms with E-state index in [-0.39, 0.29) is 5.56 Å². The standard InChI is InChI=1S/C14H16ClFN2O3/c15-7-9-2-1-3-10(9)8-17-14(19)11-4-12(16)6-13(5-11)18(20)21/h4-6,9-10H,1-3,7-8H2,(H,17,19). The smallest absolute Gasteiger partial charge is 0.273 e. The number of nitro benzene ring substituents is 1. The molecule has 0 aromatic heterocycles. The first-order valence-corrected chi connectivity index (χ1v) is 7.34. The predicted molar refractivity (Wildman–Crippen MR) is 76.9 cm³/mol. The molecule has 1 aromatic rings. The Bertz CT molecular complexity index is 553. The van der Waals surface area contributed by atoms with Crippen molar-refractivity contribution in [2.24, 2.45) is 11.8 Å². The lowest BCUT2D eigenvalue weighted by molar-refractivity contribution is -0.385. The first-order valence-electron chi connectivity index (χ1n) is 6.80. The Morgan fingerprint density at radius 3 is 2.76 bits per heavy atom. The van der Waals surface area contributed by atoms with Crippen molar-refractivity contribution in [2.45, 2.75) is 19.3 Å². The number of non-ortho nitro benzene ring substituents is 1.